The first kappa shape index (κ1) is 24.4. The Morgan fingerprint density at radius 3 is 2.41 bits per heavy atom. The first-order valence-electron chi connectivity index (χ1n) is 13.0. The normalized spacial score (nSPS) is 44.8. The van der Waals surface area contributed by atoms with E-state index in [1.165, 1.54) is 12.8 Å². The van der Waals surface area contributed by atoms with Crippen molar-refractivity contribution < 1.29 is 20.4 Å². The first-order chi connectivity index (χ1) is 14.8. The summed E-state index contributed by atoms with van der Waals surface area (Å²) >= 11 is 0. The lowest BCUT2D eigenvalue weighted by atomic mass is 9.46. The molecule has 0 radical (unpaired) electrons. The molecule has 0 saturated heterocycles. The standard InChI is InChI=1S/C28H46O4/c1-16(2)17(3)15-24(29)18(4)20-9-10-21-19-7-8-23-25(30)28(31,32)14-13-27(23,6)22(19)11-12-26(20,21)5/h8,16,18-22,24-25,29-32H,3,7,9-15H2,1-2,4-6H3/t18-,19-,20+,21-,22-,24?,25?,26+,27+/m0/s1. The van der Waals surface area contributed by atoms with E-state index >= 15 is 0 Å². The molecule has 0 aromatic rings. The van der Waals surface area contributed by atoms with Crippen LogP contribution in [0.15, 0.2) is 23.8 Å². The van der Waals surface area contributed by atoms with Gasteiger partial charge in [0.15, 0.2) is 5.79 Å². The highest BCUT2D eigenvalue weighted by molar-refractivity contribution is 5.30. The van der Waals surface area contributed by atoms with Crippen LogP contribution in [0.5, 0.6) is 0 Å². The molecule has 3 fully saturated rings. The predicted molar refractivity (Wildman–Crippen MR) is 128 cm³/mol. The second-order valence-electron chi connectivity index (χ2n) is 12.6. The maximum Gasteiger partial charge on any atom is 0.193 e. The molecule has 4 aliphatic carbocycles. The summed E-state index contributed by atoms with van der Waals surface area (Å²) in [5.74, 6) is 0.919. The van der Waals surface area contributed by atoms with E-state index in [1.54, 1.807) is 0 Å². The van der Waals surface area contributed by atoms with E-state index in [0.29, 0.717) is 36.0 Å². The van der Waals surface area contributed by atoms with Crippen LogP contribution in [0.25, 0.3) is 0 Å². The fraction of sp³-hybridized carbons (Fsp3) is 0.857. The van der Waals surface area contributed by atoms with Gasteiger partial charge in [-0.15, -0.1) is 0 Å². The summed E-state index contributed by atoms with van der Waals surface area (Å²) in [7, 11) is 0. The molecule has 0 spiro atoms. The van der Waals surface area contributed by atoms with Gasteiger partial charge in [0.05, 0.1) is 6.10 Å². The minimum atomic E-state index is -1.99. The van der Waals surface area contributed by atoms with Crippen molar-refractivity contribution in [3.63, 3.8) is 0 Å². The van der Waals surface area contributed by atoms with Crippen LogP contribution in [0.3, 0.4) is 0 Å². The van der Waals surface area contributed by atoms with Crippen LogP contribution in [0.1, 0.15) is 86.0 Å². The number of hydrogen-bond acceptors (Lipinski definition) is 4. The summed E-state index contributed by atoms with van der Waals surface area (Å²) in [6.07, 6.45) is 7.93. The third-order valence-corrected chi connectivity index (χ3v) is 10.9. The van der Waals surface area contributed by atoms with Gasteiger partial charge in [0, 0.05) is 6.42 Å². The monoisotopic (exact) mass is 446 g/mol. The van der Waals surface area contributed by atoms with Gasteiger partial charge in [0.1, 0.15) is 6.10 Å². The molecule has 0 aromatic heterocycles. The van der Waals surface area contributed by atoms with E-state index in [-0.39, 0.29) is 29.3 Å². The third kappa shape index (κ3) is 3.65. The van der Waals surface area contributed by atoms with Gasteiger partial charge >= 0.3 is 0 Å². The molecule has 4 heteroatoms. The van der Waals surface area contributed by atoms with E-state index in [1.807, 2.05) is 0 Å². The van der Waals surface area contributed by atoms with Crippen LogP contribution in [-0.4, -0.2) is 38.4 Å². The number of aliphatic hydroxyl groups excluding tert-OH is 2. The molecule has 182 valence electrons. The Kier molecular flexibility index (Phi) is 6.28. The SMILES string of the molecule is C=C(CC(O)[C@@H](C)[C@H]1CC[C@H]2[C@@H]3CC=C4C(O)C(O)(O)CC[C@]4(C)[C@H]3CC[C@]12C)C(C)C. The average Bonchev–Trinajstić information content (AvgIpc) is 3.08. The van der Waals surface area contributed by atoms with Crippen LogP contribution in [-0.2, 0) is 0 Å². The quantitative estimate of drug-likeness (QED) is 0.361. The second-order valence-corrected chi connectivity index (χ2v) is 12.6. The fourth-order valence-electron chi connectivity index (χ4n) is 8.56. The van der Waals surface area contributed by atoms with E-state index in [2.05, 4.69) is 47.3 Å². The van der Waals surface area contributed by atoms with Gasteiger partial charge in [-0.2, -0.15) is 0 Å². The van der Waals surface area contributed by atoms with Gasteiger partial charge < -0.3 is 20.4 Å². The summed E-state index contributed by atoms with van der Waals surface area (Å²) in [6, 6.07) is 0. The van der Waals surface area contributed by atoms with Crippen molar-refractivity contribution in [2.75, 3.05) is 0 Å². The molecule has 0 aliphatic heterocycles. The molecule has 4 rings (SSSR count). The maximum atomic E-state index is 11.1. The Hall–Kier alpha value is -0.680. The molecule has 0 heterocycles. The van der Waals surface area contributed by atoms with Crippen LogP contribution in [0, 0.1) is 46.3 Å². The van der Waals surface area contributed by atoms with Crippen LogP contribution >= 0.6 is 0 Å². The minimum absolute atomic E-state index is 0.142. The van der Waals surface area contributed by atoms with Crippen molar-refractivity contribution in [1.82, 2.24) is 0 Å². The highest BCUT2D eigenvalue weighted by Crippen LogP contribution is 2.67. The summed E-state index contributed by atoms with van der Waals surface area (Å²) in [5, 5.41) is 42.3. The molecule has 0 aromatic carbocycles. The number of aliphatic hydroxyl groups is 4. The first-order valence-corrected chi connectivity index (χ1v) is 13.0. The van der Waals surface area contributed by atoms with E-state index in [9.17, 15) is 20.4 Å². The van der Waals surface area contributed by atoms with Gasteiger partial charge in [-0.25, -0.2) is 0 Å². The van der Waals surface area contributed by atoms with Crippen molar-refractivity contribution in [3.05, 3.63) is 23.8 Å². The predicted octanol–water partition coefficient (Wildman–Crippen LogP) is 4.82. The van der Waals surface area contributed by atoms with E-state index < -0.39 is 11.9 Å². The lowest BCUT2D eigenvalue weighted by Crippen LogP contribution is -2.57. The zero-order valence-electron chi connectivity index (χ0n) is 20.8. The Morgan fingerprint density at radius 1 is 1.06 bits per heavy atom. The summed E-state index contributed by atoms with van der Waals surface area (Å²) in [4.78, 5) is 0. The van der Waals surface area contributed by atoms with E-state index in [0.717, 1.165) is 36.8 Å². The summed E-state index contributed by atoms with van der Waals surface area (Å²) in [5.41, 5.74) is 2.11. The summed E-state index contributed by atoms with van der Waals surface area (Å²) < 4.78 is 0. The molecule has 2 unspecified atom stereocenters. The Bertz CT molecular complexity index is 769. The Balaban J connectivity index is 1.55. The average molecular weight is 447 g/mol. The molecule has 0 amide bonds. The molecule has 4 nitrogen and oxygen atoms in total. The smallest absolute Gasteiger partial charge is 0.193 e. The summed E-state index contributed by atoms with van der Waals surface area (Å²) in [6.45, 7) is 15.5. The topological polar surface area (TPSA) is 80.9 Å². The zero-order chi connectivity index (χ0) is 23.6. The number of fused-ring (bicyclic) bond motifs is 5. The van der Waals surface area contributed by atoms with Gasteiger partial charge in [-0.1, -0.05) is 52.8 Å². The van der Waals surface area contributed by atoms with Crippen molar-refractivity contribution in [2.45, 2.75) is 104 Å². The Labute approximate surface area is 194 Å². The lowest BCUT2D eigenvalue weighted by molar-refractivity contribution is -0.242. The molecular weight excluding hydrogens is 400 g/mol. The van der Waals surface area contributed by atoms with Crippen molar-refractivity contribution in [2.24, 2.45) is 46.3 Å². The number of rotatable bonds is 5. The van der Waals surface area contributed by atoms with E-state index in [4.69, 9.17) is 0 Å². The Morgan fingerprint density at radius 2 is 1.75 bits per heavy atom. The number of hydrogen-bond donors (Lipinski definition) is 4. The van der Waals surface area contributed by atoms with Crippen molar-refractivity contribution >= 4 is 0 Å². The van der Waals surface area contributed by atoms with Gasteiger partial charge in [-0.05, 0) is 96.9 Å². The lowest BCUT2D eigenvalue weighted by Gasteiger charge is -2.59. The van der Waals surface area contributed by atoms with Crippen LogP contribution in [0.2, 0.25) is 0 Å². The second kappa shape index (κ2) is 8.22. The largest absolute Gasteiger partial charge is 0.393 e. The molecular formula is C28H46O4. The zero-order valence-corrected chi connectivity index (χ0v) is 20.8. The highest BCUT2D eigenvalue weighted by atomic mass is 16.5. The molecule has 4 N–H and O–H groups in total. The maximum absolute atomic E-state index is 11.1. The molecule has 3 saturated carbocycles. The highest BCUT2D eigenvalue weighted by Gasteiger charge is 2.61. The minimum Gasteiger partial charge on any atom is -0.393 e. The molecule has 0 bridgehead atoms. The van der Waals surface area contributed by atoms with Gasteiger partial charge in [0.25, 0.3) is 0 Å². The van der Waals surface area contributed by atoms with Crippen molar-refractivity contribution in [1.29, 1.82) is 0 Å². The van der Waals surface area contributed by atoms with Gasteiger partial charge in [0.2, 0.25) is 0 Å². The molecule has 32 heavy (non-hydrogen) atoms. The fourth-order valence-corrected chi connectivity index (χ4v) is 8.56. The number of allylic oxidation sites excluding steroid dienone is 1. The van der Waals surface area contributed by atoms with Crippen LogP contribution in [0.4, 0.5) is 0 Å². The van der Waals surface area contributed by atoms with Crippen LogP contribution < -0.4 is 0 Å². The third-order valence-electron chi connectivity index (χ3n) is 10.9. The van der Waals surface area contributed by atoms with Gasteiger partial charge in [-0.3, -0.25) is 0 Å². The van der Waals surface area contributed by atoms with Crippen molar-refractivity contribution in [3.8, 4) is 0 Å². The molecule has 4 aliphatic rings. The molecule has 9 atom stereocenters.